The molecule has 0 N–H and O–H groups in total. The van der Waals surface area contributed by atoms with Gasteiger partial charge in [-0.25, -0.2) is 0 Å². The summed E-state index contributed by atoms with van der Waals surface area (Å²) < 4.78 is 0. The SMILES string of the molecule is C#Cc1cccc(C=CCBr)c1. The molecule has 0 amide bonds. The second-order valence-corrected chi connectivity index (χ2v) is 2.97. The normalized spacial score (nSPS) is 10.0. The Labute approximate surface area is 81.4 Å². The van der Waals surface area contributed by atoms with E-state index in [-0.39, 0.29) is 0 Å². The maximum atomic E-state index is 5.26. The van der Waals surface area contributed by atoms with Crippen molar-refractivity contribution in [3.8, 4) is 12.3 Å². The lowest BCUT2D eigenvalue weighted by atomic mass is 10.1. The Morgan fingerprint density at radius 1 is 1.50 bits per heavy atom. The van der Waals surface area contributed by atoms with Gasteiger partial charge in [0.1, 0.15) is 0 Å². The van der Waals surface area contributed by atoms with Crippen LogP contribution in [-0.2, 0) is 0 Å². The summed E-state index contributed by atoms with van der Waals surface area (Å²) >= 11 is 3.32. The number of alkyl halides is 1. The quantitative estimate of drug-likeness (QED) is 0.531. The van der Waals surface area contributed by atoms with Crippen molar-refractivity contribution in [1.82, 2.24) is 0 Å². The van der Waals surface area contributed by atoms with E-state index in [9.17, 15) is 0 Å². The average Bonchev–Trinajstić information content (AvgIpc) is 2.15. The number of terminal acetylenes is 1. The van der Waals surface area contributed by atoms with Gasteiger partial charge >= 0.3 is 0 Å². The van der Waals surface area contributed by atoms with E-state index in [1.54, 1.807) is 0 Å². The average molecular weight is 221 g/mol. The molecule has 0 heterocycles. The molecule has 0 radical (unpaired) electrons. The number of halogens is 1. The Balaban J connectivity index is 2.88. The zero-order chi connectivity index (χ0) is 8.81. The molecule has 1 heteroatoms. The van der Waals surface area contributed by atoms with E-state index >= 15 is 0 Å². The van der Waals surface area contributed by atoms with Crippen LogP contribution in [0.15, 0.2) is 30.3 Å². The first-order valence-corrected chi connectivity index (χ1v) is 4.78. The standard InChI is InChI=1S/C11H9Br/c1-2-10-5-3-6-11(9-10)7-4-8-12/h1,3-7,9H,8H2. The highest BCUT2D eigenvalue weighted by molar-refractivity contribution is 9.09. The van der Waals surface area contributed by atoms with Gasteiger partial charge in [-0.15, -0.1) is 6.42 Å². The summed E-state index contributed by atoms with van der Waals surface area (Å²) in [5, 5.41) is 0.868. The second-order valence-electron chi connectivity index (χ2n) is 2.33. The molecule has 0 nitrogen and oxygen atoms in total. The topological polar surface area (TPSA) is 0 Å². The molecule has 0 saturated heterocycles. The maximum Gasteiger partial charge on any atom is 0.0248 e. The number of allylic oxidation sites excluding steroid dienone is 1. The van der Waals surface area contributed by atoms with Gasteiger partial charge in [-0.1, -0.05) is 46.1 Å². The van der Waals surface area contributed by atoms with E-state index < -0.39 is 0 Å². The van der Waals surface area contributed by atoms with Crippen LogP contribution in [0.25, 0.3) is 6.08 Å². The monoisotopic (exact) mass is 220 g/mol. The van der Waals surface area contributed by atoms with E-state index in [0.717, 1.165) is 16.5 Å². The largest absolute Gasteiger partial charge is 0.115 e. The summed E-state index contributed by atoms with van der Waals surface area (Å²) in [6, 6.07) is 7.90. The van der Waals surface area contributed by atoms with Gasteiger partial charge in [0.25, 0.3) is 0 Å². The third-order valence-electron chi connectivity index (χ3n) is 1.45. The molecule has 0 aliphatic heterocycles. The summed E-state index contributed by atoms with van der Waals surface area (Å²) in [4.78, 5) is 0. The fourth-order valence-corrected chi connectivity index (χ4v) is 1.10. The molecule has 0 spiro atoms. The van der Waals surface area contributed by atoms with Crippen LogP contribution >= 0.6 is 15.9 Å². The smallest absolute Gasteiger partial charge is 0.0248 e. The van der Waals surface area contributed by atoms with Gasteiger partial charge in [0.05, 0.1) is 0 Å². The number of hydrogen-bond donors (Lipinski definition) is 0. The Kier molecular flexibility index (Phi) is 3.63. The van der Waals surface area contributed by atoms with Crippen molar-refractivity contribution in [3.63, 3.8) is 0 Å². The van der Waals surface area contributed by atoms with Crippen LogP contribution in [0.5, 0.6) is 0 Å². The van der Waals surface area contributed by atoms with E-state index in [1.165, 1.54) is 0 Å². The molecule has 0 unspecified atom stereocenters. The summed E-state index contributed by atoms with van der Waals surface area (Å²) in [7, 11) is 0. The summed E-state index contributed by atoms with van der Waals surface area (Å²) in [5.74, 6) is 2.60. The molecule has 0 aliphatic rings. The Morgan fingerprint density at radius 3 is 3.00 bits per heavy atom. The molecular formula is C11H9Br. The van der Waals surface area contributed by atoms with Crippen LogP contribution in [0.2, 0.25) is 0 Å². The van der Waals surface area contributed by atoms with E-state index in [1.807, 2.05) is 36.4 Å². The van der Waals surface area contributed by atoms with Gasteiger partial charge in [-0.2, -0.15) is 0 Å². The lowest BCUT2D eigenvalue weighted by Crippen LogP contribution is -1.75. The summed E-state index contributed by atoms with van der Waals surface area (Å²) in [6.07, 6.45) is 9.34. The van der Waals surface area contributed by atoms with Crippen molar-refractivity contribution < 1.29 is 0 Å². The highest BCUT2D eigenvalue weighted by atomic mass is 79.9. The summed E-state index contributed by atoms with van der Waals surface area (Å²) in [5.41, 5.74) is 2.07. The fraction of sp³-hybridized carbons (Fsp3) is 0.0909. The van der Waals surface area contributed by atoms with E-state index in [4.69, 9.17) is 6.42 Å². The van der Waals surface area contributed by atoms with Gasteiger partial charge in [-0.3, -0.25) is 0 Å². The molecular weight excluding hydrogens is 212 g/mol. The predicted octanol–water partition coefficient (Wildman–Crippen LogP) is 3.08. The van der Waals surface area contributed by atoms with Crippen LogP contribution in [0.1, 0.15) is 11.1 Å². The van der Waals surface area contributed by atoms with Gasteiger partial charge in [-0.05, 0) is 17.7 Å². The highest BCUT2D eigenvalue weighted by Crippen LogP contribution is 2.05. The Bertz CT molecular complexity index is 318. The van der Waals surface area contributed by atoms with E-state index in [0.29, 0.717) is 0 Å². The van der Waals surface area contributed by atoms with E-state index in [2.05, 4.69) is 21.9 Å². The van der Waals surface area contributed by atoms with Crippen molar-refractivity contribution in [1.29, 1.82) is 0 Å². The van der Waals surface area contributed by atoms with Crippen molar-refractivity contribution in [3.05, 3.63) is 41.5 Å². The minimum atomic E-state index is 0.868. The van der Waals surface area contributed by atoms with Crippen LogP contribution in [0, 0.1) is 12.3 Å². The van der Waals surface area contributed by atoms with Crippen LogP contribution in [0.4, 0.5) is 0 Å². The molecule has 0 aromatic heterocycles. The predicted molar refractivity (Wildman–Crippen MR) is 57.2 cm³/mol. The summed E-state index contributed by atoms with van der Waals surface area (Å²) in [6.45, 7) is 0. The minimum absolute atomic E-state index is 0.868. The molecule has 60 valence electrons. The van der Waals surface area contributed by atoms with Gasteiger partial charge in [0.15, 0.2) is 0 Å². The Hall–Kier alpha value is -1.00. The first kappa shape index (κ1) is 9.09. The fourth-order valence-electron chi connectivity index (χ4n) is 0.913. The van der Waals surface area contributed by atoms with Crippen molar-refractivity contribution in [2.24, 2.45) is 0 Å². The van der Waals surface area contributed by atoms with Gasteiger partial charge < -0.3 is 0 Å². The van der Waals surface area contributed by atoms with Crippen LogP contribution in [-0.4, -0.2) is 5.33 Å². The first-order valence-electron chi connectivity index (χ1n) is 3.66. The molecule has 0 atom stereocenters. The zero-order valence-electron chi connectivity index (χ0n) is 6.63. The highest BCUT2D eigenvalue weighted by Gasteiger charge is 1.87. The lowest BCUT2D eigenvalue weighted by Gasteiger charge is -1.93. The lowest BCUT2D eigenvalue weighted by molar-refractivity contribution is 1.60. The molecule has 0 fully saturated rings. The first-order chi connectivity index (χ1) is 5.86. The molecule has 1 aromatic rings. The molecule has 0 bridgehead atoms. The molecule has 0 saturated carbocycles. The van der Waals surface area contributed by atoms with Crippen molar-refractivity contribution in [2.45, 2.75) is 0 Å². The van der Waals surface area contributed by atoms with Crippen LogP contribution in [0.3, 0.4) is 0 Å². The number of hydrogen-bond acceptors (Lipinski definition) is 0. The minimum Gasteiger partial charge on any atom is -0.115 e. The third-order valence-corrected chi connectivity index (χ3v) is 1.83. The number of rotatable bonds is 2. The maximum absolute atomic E-state index is 5.26. The number of benzene rings is 1. The molecule has 12 heavy (non-hydrogen) atoms. The van der Waals surface area contributed by atoms with Gasteiger partial charge in [0, 0.05) is 10.9 Å². The molecule has 1 aromatic carbocycles. The third kappa shape index (κ3) is 2.56. The molecule has 1 rings (SSSR count). The van der Waals surface area contributed by atoms with Crippen molar-refractivity contribution in [2.75, 3.05) is 5.33 Å². The zero-order valence-corrected chi connectivity index (χ0v) is 8.21. The molecule has 0 aliphatic carbocycles. The van der Waals surface area contributed by atoms with Crippen molar-refractivity contribution >= 4 is 22.0 Å². The second kappa shape index (κ2) is 4.79. The van der Waals surface area contributed by atoms with Gasteiger partial charge in [0.2, 0.25) is 0 Å². The van der Waals surface area contributed by atoms with Crippen LogP contribution < -0.4 is 0 Å². The Morgan fingerprint density at radius 2 is 2.33 bits per heavy atom.